The number of aromatic nitrogens is 2. The van der Waals surface area contributed by atoms with Gasteiger partial charge in [-0.1, -0.05) is 41.9 Å². The minimum atomic E-state index is -1.03. The van der Waals surface area contributed by atoms with E-state index in [1.807, 2.05) is 41.4 Å². The lowest BCUT2D eigenvalue weighted by Crippen LogP contribution is -2.32. The average Bonchev–Trinajstić information content (AvgIpc) is 2.62. The van der Waals surface area contributed by atoms with Crippen LogP contribution in [0.15, 0.2) is 64.3 Å². The predicted molar refractivity (Wildman–Crippen MR) is 97.5 cm³/mol. The first-order valence-corrected chi connectivity index (χ1v) is 8.35. The highest BCUT2D eigenvalue weighted by Crippen LogP contribution is 2.25. The first-order chi connectivity index (χ1) is 12.5. The van der Waals surface area contributed by atoms with E-state index in [1.54, 1.807) is 12.1 Å². The Bertz CT molecular complexity index is 1020. The molecule has 134 valence electrons. The smallest absolute Gasteiger partial charge is 0.328 e. The first kappa shape index (κ1) is 17.9. The van der Waals surface area contributed by atoms with Crippen molar-refractivity contribution in [2.24, 2.45) is 0 Å². The van der Waals surface area contributed by atoms with Crippen LogP contribution in [0.25, 0.3) is 0 Å². The minimum Gasteiger partial charge on any atom is -0.491 e. The van der Waals surface area contributed by atoms with Crippen LogP contribution in [0.5, 0.6) is 5.75 Å². The van der Waals surface area contributed by atoms with Gasteiger partial charge in [0.2, 0.25) is 5.82 Å². The molecule has 3 rings (SSSR count). The molecule has 5 nitrogen and oxygen atoms in total. The van der Waals surface area contributed by atoms with Crippen molar-refractivity contribution in [3.05, 3.63) is 97.5 Å². The molecule has 0 unspecified atom stereocenters. The second-order valence-electron chi connectivity index (χ2n) is 5.69. The van der Waals surface area contributed by atoms with Crippen molar-refractivity contribution in [2.75, 3.05) is 6.61 Å². The van der Waals surface area contributed by atoms with E-state index in [0.29, 0.717) is 17.2 Å². The van der Waals surface area contributed by atoms with Crippen LogP contribution in [-0.2, 0) is 13.0 Å². The molecule has 0 amide bonds. The van der Waals surface area contributed by atoms with Crippen molar-refractivity contribution in [1.82, 2.24) is 9.55 Å². The molecule has 1 heterocycles. The number of rotatable bonds is 6. The average molecular weight is 375 g/mol. The van der Waals surface area contributed by atoms with Crippen molar-refractivity contribution < 1.29 is 9.13 Å². The van der Waals surface area contributed by atoms with Gasteiger partial charge in [-0.05, 0) is 29.3 Å². The number of benzene rings is 2. The molecule has 2 aromatic carbocycles. The van der Waals surface area contributed by atoms with Gasteiger partial charge in [0.1, 0.15) is 12.4 Å². The lowest BCUT2D eigenvalue weighted by Gasteiger charge is -2.13. The summed E-state index contributed by atoms with van der Waals surface area (Å²) in [6.45, 7) is 0.231. The van der Waals surface area contributed by atoms with Gasteiger partial charge in [0.25, 0.3) is 5.56 Å². The van der Waals surface area contributed by atoms with E-state index < -0.39 is 17.1 Å². The lowest BCUT2D eigenvalue weighted by molar-refractivity contribution is 0.291. The monoisotopic (exact) mass is 374 g/mol. The van der Waals surface area contributed by atoms with E-state index in [1.165, 1.54) is 0 Å². The second kappa shape index (κ2) is 8.01. The zero-order valence-corrected chi connectivity index (χ0v) is 14.5. The SMILES string of the molecule is O=c1[nH]c(=O)n(CCOc2ccc(Cl)cc2Cc2ccccc2)cc1F. The number of hydrogen-bond donors (Lipinski definition) is 1. The summed E-state index contributed by atoms with van der Waals surface area (Å²) in [6, 6.07) is 15.2. The number of ether oxygens (including phenoxy) is 1. The zero-order valence-electron chi connectivity index (χ0n) is 13.7. The molecule has 1 N–H and O–H groups in total. The summed E-state index contributed by atoms with van der Waals surface area (Å²) in [5.74, 6) is -0.378. The zero-order chi connectivity index (χ0) is 18.5. The molecular formula is C19H16ClFN2O3. The summed E-state index contributed by atoms with van der Waals surface area (Å²) in [5.41, 5.74) is 0.304. The number of halogens is 2. The molecule has 0 spiro atoms. The molecule has 0 bridgehead atoms. The van der Waals surface area contributed by atoms with Crippen LogP contribution >= 0.6 is 11.6 Å². The van der Waals surface area contributed by atoms with Crippen LogP contribution in [-0.4, -0.2) is 16.2 Å². The molecule has 26 heavy (non-hydrogen) atoms. The molecule has 0 saturated carbocycles. The van der Waals surface area contributed by atoms with Crippen molar-refractivity contribution in [3.8, 4) is 5.75 Å². The van der Waals surface area contributed by atoms with Gasteiger partial charge in [0.15, 0.2) is 0 Å². The maximum atomic E-state index is 13.3. The topological polar surface area (TPSA) is 64.1 Å². The van der Waals surface area contributed by atoms with E-state index in [-0.39, 0.29) is 13.2 Å². The first-order valence-electron chi connectivity index (χ1n) is 7.97. The molecular weight excluding hydrogens is 359 g/mol. The third kappa shape index (κ3) is 4.40. The maximum Gasteiger partial charge on any atom is 0.328 e. The number of aromatic amines is 1. The van der Waals surface area contributed by atoms with E-state index in [2.05, 4.69) is 0 Å². The predicted octanol–water partition coefficient (Wildman–Crippen LogP) is 3.00. The Labute approximate surface area is 153 Å². The number of hydrogen-bond acceptors (Lipinski definition) is 3. The minimum absolute atomic E-state index is 0.0972. The Morgan fingerprint density at radius 3 is 2.65 bits per heavy atom. The van der Waals surface area contributed by atoms with E-state index >= 15 is 0 Å². The Morgan fingerprint density at radius 2 is 1.88 bits per heavy atom. The summed E-state index contributed by atoms with van der Waals surface area (Å²) in [4.78, 5) is 24.6. The van der Waals surface area contributed by atoms with Crippen LogP contribution in [0.3, 0.4) is 0 Å². The molecule has 0 aliphatic carbocycles. The van der Waals surface area contributed by atoms with Gasteiger partial charge < -0.3 is 4.74 Å². The van der Waals surface area contributed by atoms with Crippen LogP contribution in [0.1, 0.15) is 11.1 Å². The van der Waals surface area contributed by atoms with Crippen molar-refractivity contribution in [3.63, 3.8) is 0 Å². The summed E-state index contributed by atoms with van der Waals surface area (Å²) in [5, 5.41) is 0.599. The van der Waals surface area contributed by atoms with Gasteiger partial charge in [0, 0.05) is 11.4 Å². The Kier molecular flexibility index (Phi) is 5.53. The highest BCUT2D eigenvalue weighted by Gasteiger charge is 2.08. The Hall–Kier alpha value is -2.86. The van der Waals surface area contributed by atoms with Gasteiger partial charge in [0.05, 0.1) is 12.7 Å². The molecule has 0 radical (unpaired) electrons. The maximum absolute atomic E-state index is 13.3. The van der Waals surface area contributed by atoms with Crippen LogP contribution < -0.4 is 16.0 Å². The lowest BCUT2D eigenvalue weighted by atomic mass is 10.0. The van der Waals surface area contributed by atoms with Gasteiger partial charge in [-0.3, -0.25) is 14.3 Å². The Morgan fingerprint density at radius 1 is 1.12 bits per heavy atom. The highest BCUT2D eigenvalue weighted by atomic mass is 35.5. The van der Waals surface area contributed by atoms with Crippen LogP contribution in [0.2, 0.25) is 5.02 Å². The fraction of sp³-hybridized carbons (Fsp3) is 0.158. The molecule has 7 heteroatoms. The molecule has 0 aliphatic heterocycles. The normalized spacial score (nSPS) is 10.7. The molecule has 1 aromatic heterocycles. The fourth-order valence-corrected chi connectivity index (χ4v) is 2.74. The van der Waals surface area contributed by atoms with Gasteiger partial charge in [-0.25, -0.2) is 4.79 Å². The summed E-state index contributed by atoms with van der Waals surface area (Å²) in [7, 11) is 0. The van der Waals surface area contributed by atoms with Crippen LogP contribution in [0, 0.1) is 5.82 Å². The van der Waals surface area contributed by atoms with Crippen LogP contribution in [0.4, 0.5) is 4.39 Å². The Balaban J connectivity index is 1.73. The van der Waals surface area contributed by atoms with E-state index in [9.17, 15) is 14.0 Å². The number of nitrogens with one attached hydrogen (secondary N) is 1. The number of H-pyrrole nitrogens is 1. The van der Waals surface area contributed by atoms with E-state index in [4.69, 9.17) is 16.3 Å². The van der Waals surface area contributed by atoms with Gasteiger partial charge in [-0.2, -0.15) is 4.39 Å². The summed E-state index contributed by atoms with van der Waals surface area (Å²) in [6.07, 6.45) is 1.52. The molecule has 0 saturated heterocycles. The molecule has 3 aromatic rings. The fourth-order valence-electron chi connectivity index (χ4n) is 2.55. The third-order valence-corrected chi connectivity index (χ3v) is 4.05. The second-order valence-corrected chi connectivity index (χ2v) is 6.13. The number of nitrogens with zero attached hydrogens (tertiary/aromatic N) is 1. The summed E-state index contributed by atoms with van der Waals surface area (Å²) < 4.78 is 20.1. The molecule has 0 atom stereocenters. The third-order valence-electron chi connectivity index (χ3n) is 3.82. The van der Waals surface area contributed by atoms with Crippen molar-refractivity contribution in [2.45, 2.75) is 13.0 Å². The summed E-state index contributed by atoms with van der Waals surface area (Å²) >= 11 is 6.09. The van der Waals surface area contributed by atoms with Crippen molar-refractivity contribution in [1.29, 1.82) is 0 Å². The molecule has 0 fully saturated rings. The standard InChI is InChI=1S/C19H16ClFN2O3/c20-15-6-7-17(14(11-15)10-13-4-2-1-3-5-13)26-9-8-23-12-16(21)18(24)22-19(23)25/h1-7,11-12H,8-10H2,(H,22,24,25). The largest absolute Gasteiger partial charge is 0.491 e. The van der Waals surface area contributed by atoms with E-state index in [0.717, 1.165) is 21.9 Å². The van der Waals surface area contributed by atoms with Crippen molar-refractivity contribution >= 4 is 11.6 Å². The highest BCUT2D eigenvalue weighted by molar-refractivity contribution is 6.30. The van der Waals surface area contributed by atoms with Gasteiger partial charge in [-0.15, -0.1) is 0 Å². The molecule has 0 aliphatic rings. The van der Waals surface area contributed by atoms with Gasteiger partial charge >= 0.3 is 5.69 Å². The quantitative estimate of drug-likeness (QED) is 0.721.